The van der Waals surface area contributed by atoms with Crippen LogP contribution in [0.2, 0.25) is 0 Å². The van der Waals surface area contributed by atoms with Gasteiger partial charge in [-0.1, -0.05) is 24.3 Å². The number of aryl methyl sites for hydroxylation is 1. The number of nitrogen functional groups attached to an aromatic ring is 1. The third-order valence-corrected chi connectivity index (χ3v) is 3.80. The van der Waals surface area contributed by atoms with E-state index in [0.717, 1.165) is 11.3 Å². The lowest BCUT2D eigenvalue weighted by Crippen LogP contribution is -1.92. The lowest BCUT2D eigenvalue weighted by molar-refractivity contribution is 0.631. The number of halogens is 1. The molecule has 2 aromatic carbocycles. The molecule has 1 nitrogen and oxygen atoms in total. The van der Waals surface area contributed by atoms with Gasteiger partial charge in [-0.2, -0.15) is 0 Å². The van der Waals surface area contributed by atoms with Crippen molar-refractivity contribution in [3.63, 3.8) is 0 Å². The largest absolute Gasteiger partial charge is 0.396 e. The Labute approximate surface area is 105 Å². The summed E-state index contributed by atoms with van der Waals surface area (Å²) in [6.45, 7) is 2.08. The molecule has 17 heavy (non-hydrogen) atoms. The van der Waals surface area contributed by atoms with Gasteiger partial charge in [-0.15, -0.1) is 11.8 Å². The summed E-state index contributed by atoms with van der Waals surface area (Å²) in [7, 11) is 0. The van der Waals surface area contributed by atoms with Gasteiger partial charge < -0.3 is 5.73 Å². The second-order valence-electron chi connectivity index (χ2n) is 3.91. The molecule has 0 unspecified atom stereocenters. The highest BCUT2D eigenvalue weighted by Gasteiger charge is 2.02. The van der Waals surface area contributed by atoms with Crippen molar-refractivity contribution in [3.8, 4) is 0 Å². The van der Waals surface area contributed by atoms with Gasteiger partial charge in [-0.05, 0) is 36.2 Å². The van der Waals surface area contributed by atoms with Crippen LogP contribution in [-0.2, 0) is 5.75 Å². The summed E-state index contributed by atoms with van der Waals surface area (Å²) in [4.78, 5) is 1.23. The van der Waals surface area contributed by atoms with Gasteiger partial charge in [0.25, 0.3) is 0 Å². The lowest BCUT2D eigenvalue weighted by Gasteiger charge is -2.06. The number of anilines is 1. The average molecular weight is 247 g/mol. The van der Waals surface area contributed by atoms with Gasteiger partial charge in [0.15, 0.2) is 0 Å². The van der Waals surface area contributed by atoms with E-state index < -0.39 is 0 Å². The fourth-order valence-electron chi connectivity index (χ4n) is 1.54. The summed E-state index contributed by atoms with van der Waals surface area (Å²) in [6.07, 6.45) is 0. The van der Waals surface area contributed by atoms with Crippen LogP contribution < -0.4 is 5.73 Å². The Kier molecular flexibility index (Phi) is 3.69. The Morgan fingerprint density at radius 2 is 1.94 bits per heavy atom. The maximum atomic E-state index is 13.3. The highest BCUT2D eigenvalue weighted by atomic mass is 32.2. The molecule has 0 heterocycles. The first-order valence-corrected chi connectivity index (χ1v) is 6.37. The van der Waals surface area contributed by atoms with Crippen molar-refractivity contribution in [3.05, 3.63) is 59.4 Å². The minimum atomic E-state index is -0.340. The van der Waals surface area contributed by atoms with Crippen molar-refractivity contribution in [1.82, 2.24) is 0 Å². The Hall–Kier alpha value is -1.48. The van der Waals surface area contributed by atoms with Crippen LogP contribution in [0.5, 0.6) is 0 Å². The zero-order valence-corrected chi connectivity index (χ0v) is 10.4. The topological polar surface area (TPSA) is 26.0 Å². The second-order valence-corrected chi connectivity index (χ2v) is 4.93. The van der Waals surface area contributed by atoms with Crippen LogP contribution in [-0.4, -0.2) is 0 Å². The number of hydrogen-bond acceptors (Lipinski definition) is 2. The highest BCUT2D eigenvalue weighted by molar-refractivity contribution is 7.98. The molecule has 2 rings (SSSR count). The van der Waals surface area contributed by atoms with Crippen LogP contribution >= 0.6 is 11.8 Å². The van der Waals surface area contributed by atoms with Crippen molar-refractivity contribution < 1.29 is 4.39 Å². The molecule has 0 fully saturated rings. The zero-order valence-electron chi connectivity index (χ0n) is 9.61. The zero-order chi connectivity index (χ0) is 12.3. The number of thioether (sulfide) groups is 1. The molecule has 0 spiro atoms. The smallest absolute Gasteiger partial charge is 0.146 e. The molecule has 0 atom stereocenters. The van der Waals surface area contributed by atoms with Gasteiger partial charge in [0.1, 0.15) is 5.82 Å². The first-order valence-electron chi connectivity index (χ1n) is 5.39. The lowest BCUT2D eigenvalue weighted by atomic mass is 10.2. The van der Waals surface area contributed by atoms with Crippen molar-refractivity contribution in [2.45, 2.75) is 17.6 Å². The van der Waals surface area contributed by atoms with Gasteiger partial charge in [-0.25, -0.2) is 4.39 Å². The molecule has 0 aliphatic heterocycles. The molecular weight excluding hydrogens is 233 g/mol. The van der Waals surface area contributed by atoms with Crippen LogP contribution in [0.1, 0.15) is 11.1 Å². The van der Waals surface area contributed by atoms with E-state index in [1.807, 2.05) is 18.2 Å². The Bertz CT molecular complexity index is 525. The SMILES string of the molecule is Cc1ccccc1SCc1ccc(N)c(F)c1. The van der Waals surface area contributed by atoms with Crippen LogP contribution in [0.25, 0.3) is 0 Å². The number of benzene rings is 2. The first kappa shape index (κ1) is 12.0. The summed E-state index contributed by atoms with van der Waals surface area (Å²) >= 11 is 1.71. The number of nitrogens with two attached hydrogens (primary N) is 1. The third-order valence-electron chi connectivity index (χ3n) is 2.55. The van der Waals surface area contributed by atoms with Crippen LogP contribution in [0.4, 0.5) is 10.1 Å². The number of hydrogen-bond donors (Lipinski definition) is 1. The van der Waals surface area contributed by atoms with E-state index in [4.69, 9.17) is 5.73 Å². The van der Waals surface area contributed by atoms with Gasteiger partial charge in [0.2, 0.25) is 0 Å². The Balaban J connectivity index is 2.08. The molecule has 0 aromatic heterocycles. The minimum absolute atomic E-state index is 0.203. The van der Waals surface area contributed by atoms with Crippen molar-refractivity contribution in [1.29, 1.82) is 0 Å². The molecule has 0 radical (unpaired) electrons. The number of rotatable bonds is 3. The molecule has 0 aliphatic carbocycles. The summed E-state index contributed by atoms with van der Waals surface area (Å²) in [5, 5.41) is 0. The van der Waals surface area contributed by atoms with Crippen molar-refractivity contribution in [2.24, 2.45) is 0 Å². The predicted molar refractivity (Wildman–Crippen MR) is 71.6 cm³/mol. The predicted octanol–water partition coefficient (Wildman–Crippen LogP) is 4.01. The quantitative estimate of drug-likeness (QED) is 0.655. The van der Waals surface area contributed by atoms with Crippen LogP contribution in [0.3, 0.4) is 0 Å². The monoisotopic (exact) mass is 247 g/mol. The molecular formula is C14H14FNS. The van der Waals surface area contributed by atoms with Gasteiger partial charge in [-0.3, -0.25) is 0 Å². The summed E-state index contributed by atoms with van der Waals surface area (Å²) in [6, 6.07) is 13.2. The minimum Gasteiger partial charge on any atom is -0.396 e. The average Bonchev–Trinajstić information content (AvgIpc) is 2.32. The molecule has 0 bridgehead atoms. The van der Waals surface area contributed by atoms with Gasteiger partial charge in [0, 0.05) is 10.6 Å². The van der Waals surface area contributed by atoms with Crippen molar-refractivity contribution in [2.75, 3.05) is 5.73 Å². The van der Waals surface area contributed by atoms with Gasteiger partial charge >= 0.3 is 0 Å². The Morgan fingerprint density at radius 1 is 1.18 bits per heavy atom. The standard InChI is InChI=1S/C14H14FNS/c1-10-4-2-3-5-14(10)17-9-11-6-7-13(16)12(15)8-11/h2-8H,9,16H2,1H3. The molecule has 0 amide bonds. The fraction of sp³-hybridized carbons (Fsp3) is 0.143. The summed E-state index contributed by atoms with van der Waals surface area (Å²) in [5.74, 6) is 0.412. The summed E-state index contributed by atoms with van der Waals surface area (Å²) < 4.78 is 13.3. The molecule has 0 saturated carbocycles. The molecule has 0 aliphatic rings. The molecule has 2 N–H and O–H groups in total. The highest BCUT2D eigenvalue weighted by Crippen LogP contribution is 2.26. The summed E-state index contributed by atoms with van der Waals surface area (Å²) in [5.41, 5.74) is 7.83. The molecule has 2 aromatic rings. The fourth-order valence-corrected chi connectivity index (χ4v) is 2.51. The van der Waals surface area contributed by atoms with E-state index in [1.165, 1.54) is 16.5 Å². The van der Waals surface area contributed by atoms with E-state index in [0.29, 0.717) is 0 Å². The van der Waals surface area contributed by atoms with Crippen molar-refractivity contribution >= 4 is 17.4 Å². The van der Waals surface area contributed by atoms with E-state index >= 15 is 0 Å². The molecule has 3 heteroatoms. The molecule has 88 valence electrons. The van der Waals surface area contributed by atoms with E-state index in [1.54, 1.807) is 17.8 Å². The molecule has 0 saturated heterocycles. The maximum absolute atomic E-state index is 13.3. The van der Waals surface area contributed by atoms with Crippen LogP contribution in [0.15, 0.2) is 47.4 Å². The normalized spacial score (nSPS) is 10.5. The second kappa shape index (κ2) is 5.23. The van der Waals surface area contributed by atoms with E-state index in [9.17, 15) is 4.39 Å². The Morgan fingerprint density at radius 3 is 2.65 bits per heavy atom. The van der Waals surface area contributed by atoms with Gasteiger partial charge in [0.05, 0.1) is 5.69 Å². The van der Waals surface area contributed by atoms with Crippen LogP contribution in [0, 0.1) is 12.7 Å². The van der Waals surface area contributed by atoms with E-state index in [-0.39, 0.29) is 11.5 Å². The maximum Gasteiger partial charge on any atom is 0.146 e. The third kappa shape index (κ3) is 3.01. The first-order chi connectivity index (χ1) is 8.16. The van der Waals surface area contributed by atoms with E-state index in [2.05, 4.69) is 19.1 Å².